The maximum atomic E-state index is 12.6. The molecule has 0 saturated carbocycles. The smallest absolute Gasteiger partial charge is 0.256 e. The number of anilines is 2. The molecule has 4 nitrogen and oxygen atoms in total. The highest BCUT2D eigenvalue weighted by Crippen LogP contribution is 2.26. The van der Waals surface area contributed by atoms with Crippen molar-refractivity contribution in [2.45, 2.75) is 33.2 Å². The van der Waals surface area contributed by atoms with Crippen LogP contribution in [0.4, 0.5) is 11.4 Å². The van der Waals surface area contributed by atoms with Crippen LogP contribution >= 0.6 is 0 Å². The predicted octanol–water partition coefficient (Wildman–Crippen LogP) is 3.36. The summed E-state index contributed by atoms with van der Waals surface area (Å²) in [5.41, 5.74) is 4.86. The second kappa shape index (κ2) is 5.88. The van der Waals surface area contributed by atoms with E-state index < -0.39 is 6.04 Å². The van der Waals surface area contributed by atoms with E-state index in [0.717, 1.165) is 22.4 Å². The molecule has 2 amide bonds. The van der Waals surface area contributed by atoms with Gasteiger partial charge in [-0.1, -0.05) is 23.8 Å². The summed E-state index contributed by atoms with van der Waals surface area (Å²) >= 11 is 0. The number of imide groups is 1. The highest BCUT2D eigenvalue weighted by atomic mass is 16.2. The van der Waals surface area contributed by atoms with Crippen LogP contribution in [0.5, 0.6) is 0 Å². The van der Waals surface area contributed by atoms with E-state index in [-0.39, 0.29) is 18.2 Å². The van der Waals surface area contributed by atoms with Crippen LogP contribution in [0.25, 0.3) is 0 Å². The van der Waals surface area contributed by atoms with Crippen molar-refractivity contribution < 1.29 is 9.59 Å². The number of nitrogens with zero attached hydrogens (tertiary/aromatic N) is 1. The summed E-state index contributed by atoms with van der Waals surface area (Å²) in [7, 11) is 0. The third kappa shape index (κ3) is 2.97. The lowest BCUT2D eigenvalue weighted by Crippen LogP contribution is -2.34. The van der Waals surface area contributed by atoms with Crippen molar-refractivity contribution in [3.05, 3.63) is 59.2 Å². The lowest BCUT2D eigenvalue weighted by molar-refractivity contribution is -0.121. The van der Waals surface area contributed by atoms with Gasteiger partial charge in [-0.3, -0.25) is 9.59 Å². The summed E-state index contributed by atoms with van der Waals surface area (Å²) in [5, 5.41) is 3.16. The first kappa shape index (κ1) is 15.3. The van der Waals surface area contributed by atoms with Gasteiger partial charge in [-0.05, 0) is 56.2 Å². The number of amides is 2. The van der Waals surface area contributed by atoms with Gasteiger partial charge < -0.3 is 5.32 Å². The summed E-state index contributed by atoms with van der Waals surface area (Å²) < 4.78 is 0. The Morgan fingerprint density at radius 1 is 0.957 bits per heavy atom. The highest BCUT2D eigenvalue weighted by molar-refractivity contribution is 6.23. The summed E-state index contributed by atoms with van der Waals surface area (Å²) in [4.78, 5) is 26.2. The molecule has 2 aromatic carbocycles. The van der Waals surface area contributed by atoms with E-state index in [0.29, 0.717) is 5.69 Å². The van der Waals surface area contributed by atoms with Crippen LogP contribution in [0.1, 0.15) is 23.1 Å². The number of carbonyl (C=O) groups excluding carboxylic acids is 2. The fourth-order valence-corrected chi connectivity index (χ4v) is 2.73. The fraction of sp³-hybridized carbons (Fsp3) is 0.263. The number of rotatable bonds is 3. The molecule has 4 heteroatoms. The van der Waals surface area contributed by atoms with Gasteiger partial charge in [-0.25, -0.2) is 4.90 Å². The number of hydrogen-bond acceptors (Lipinski definition) is 3. The number of hydrogen-bond donors (Lipinski definition) is 1. The van der Waals surface area contributed by atoms with Gasteiger partial charge in [0.1, 0.15) is 6.04 Å². The monoisotopic (exact) mass is 308 g/mol. The Labute approximate surface area is 136 Å². The van der Waals surface area contributed by atoms with E-state index in [2.05, 4.69) is 5.32 Å². The van der Waals surface area contributed by atoms with E-state index in [1.165, 1.54) is 4.90 Å². The Bertz CT molecular complexity index is 765. The Morgan fingerprint density at radius 3 is 2.30 bits per heavy atom. The normalized spacial score (nSPS) is 17.7. The molecular formula is C19H20N2O2. The Kier molecular flexibility index (Phi) is 3.90. The Morgan fingerprint density at radius 2 is 1.65 bits per heavy atom. The predicted molar refractivity (Wildman–Crippen MR) is 91.6 cm³/mol. The molecule has 3 rings (SSSR count). The minimum atomic E-state index is -0.508. The van der Waals surface area contributed by atoms with E-state index in [4.69, 9.17) is 0 Å². The van der Waals surface area contributed by atoms with Crippen molar-refractivity contribution in [3.63, 3.8) is 0 Å². The van der Waals surface area contributed by atoms with Gasteiger partial charge in [0.25, 0.3) is 5.91 Å². The van der Waals surface area contributed by atoms with Gasteiger partial charge in [0.05, 0.1) is 12.1 Å². The van der Waals surface area contributed by atoms with Gasteiger partial charge in [0, 0.05) is 5.69 Å². The number of carbonyl (C=O) groups is 2. The van der Waals surface area contributed by atoms with Crippen LogP contribution in [0.3, 0.4) is 0 Å². The van der Waals surface area contributed by atoms with Gasteiger partial charge in [-0.15, -0.1) is 0 Å². The molecule has 0 aromatic heterocycles. The third-order valence-electron chi connectivity index (χ3n) is 4.29. The molecule has 1 heterocycles. The zero-order valence-electron chi connectivity index (χ0n) is 13.6. The molecule has 1 aliphatic rings. The third-order valence-corrected chi connectivity index (χ3v) is 4.29. The molecule has 1 N–H and O–H groups in total. The molecule has 2 aromatic rings. The van der Waals surface area contributed by atoms with Crippen molar-refractivity contribution in [1.29, 1.82) is 0 Å². The average molecular weight is 308 g/mol. The molecule has 0 radical (unpaired) electrons. The molecule has 118 valence electrons. The Hall–Kier alpha value is -2.62. The Balaban J connectivity index is 1.82. The highest BCUT2D eigenvalue weighted by Gasteiger charge is 2.39. The summed E-state index contributed by atoms with van der Waals surface area (Å²) in [6.07, 6.45) is 0.180. The molecule has 0 unspecified atom stereocenters. The molecule has 1 saturated heterocycles. The first-order chi connectivity index (χ1) is 11.0. The number of benzene rings is 2. The summed E-state index contributed by atoms with van der Waals surface area (Å²) in [6, 6.07) is 12.9. The lowest BCUT2D eigenvalue weighted by atomic mass is 10.1. The first-order valence-electron chi connectivity index (χ1n) is 7.73. The second-order valence-electron chi connectivity index (χ2n) is 6.10. The number of nitrogens with one attached hydrogen (secondary N) is 1. The van der Waals surface area contributed by atoms with E-state index >= 15 is 0 Å². The zero-order chi connectivity index (χ0) is 16.6. The maximum absolute atomic E-state index is 12.6. The maximum Gasteiger partial charge on any atom is 0.256 e. The number of aryl methyl sites for hydroxylation is 3. The van der Waals surface area contributed by atoms with Gasteiger partial charge >= 0.3 is 0 Å². The van der Waals surface area contributed by atoms with Crippen molar-refractivity contribution in [1.82, 2.24) is 0 Å². The molecule has 1 fully saturated rings. The van der Waals surface area contributed by atoms with Crippen LogP contribution in [-0.2, 0) is 9.59 Å². The van der Waals surface area contributed by atoms with Crippen molar-refractivity contribution >= 4 is 23.2 Å². The van der Waals surface area contributed by atoms with Gasteiger partial charge in [0.15, 0.2) is 0 Å². The topological polar surface area (TPSA) is 49.4 Å². The van der Waals surface area contributed by atoms with Crippen LogP contribution in [-0.4, -0.2) is 17.9 Å². The minimum absolute atomic E-state index is 0.164. The molecule has 0 spiro atoms. The van der Waals surface area contributed by atoms with E-state index in [1.54, 1.807) is 0 Å². The van der Waals surface area contributed by atoms with E-state index in [9.17, 15) is 9.59 Å². The molecule has 1 aliphatic heterocycles. The molecule has 0 aliphatic carbocycles. The molecular weight excluding hydrogens is 288 g/mol. The molecule has 1 atom stereocenters. The van der Waals surface area contributed by atoms with Gasteiger partial charge in [0.2, 0.25) is 5.91 Å². The SMILES string of the molecule is Cc1ccc(N[C@H]2CC(=O)N(c3ccc(C)c(C)c3)C2=O)cc1. The van der Waals surface area contributed by atoms with Crippen molar-refractivity contribution in [2.24, 2.45) is 0 Å². The van der Waals surface area contributed by atoms with Crippen LogP contribution in [0.2, 0.25) is 0 Å². The average Bonchev–Trinajstić information content (AvgIpc) is 2.79. The minimum Gasteiger partial charge on any atom is -0.373 e. The lowest BCUT2D eigenvalue weighted by Gasteiger charge is -2.17. The van der Waals surface area contributed by atoms with Crippen LogP contribution in [0, 0.1) is 20.8 Å². The quantitative estimate of drug-likeness (QED) is 0.885. The molecule has 23 heavy (non-hydrogen) atoms. The van der Waals surface area contributed by atoms with Crippen molar-refractivity contribution in [3.8, 4) is 0 Å². The second-order valence-corrected chi connectivity index (χ2v) is 6.10. The molecule has 0 bridgehead atoms. The van der Waals surface area contributed by atoms with Crippen LogP contribution in [0.15, 0.2) is 42.5 Å². The largest absolute Gasteiger partial charge is 0.373 e. The fourth-order valence-electron chi connectivity index (χ4n) is 2.73. The summed E-state index contributed by atoms with van der Waals surface area (Å²) in [6.45, 7) is 6.00. The van der Waals surface area contributed by atoms with E-state index in [1.807, 2.05) is 63.2 Å². The van der Waals surface area contributed by atoms with Crippen LogP contribution < -0.4 is 10.2 Å². The van der Waals surface area contributed by atoms with Gasteiger partial charge in [-0.2, -0.15) is 0 Å². The first-order valence-corrected chi connectivity index (χ1v) is 7.73. The van der Waals surface area contributed by atoms with Crippen molar-refractivity contribution in [2.75, 3.05) is 10.2 Å². The zero-order valence-corrected chi connectivity index (χ0v) is 13.6. The standard InChI is InChI=1S/C19H20N2O2/c1-12-4-7-15(8-5-12)20-17-11-18(22)21(19(17)23)16-9-6-13(2)14(3)10-16/h4-10,17,20H,11H2,1-3H3/t17-/m0/s1. The summed E-state index contributed by atoms with van der Waals surface area (Å²) in [5.74, 6) is -0.360.